The summed E-state index contributed by atoms with van der Waals surface area (Å²) < 4.78 is 10.7. The molecule has 0 saturated carbocycles. The fourth-order valence-electron chi connectivity index (χ4n) is 2.55. The van der Waals surface area contributed by atoms with Gasteiger partial charge in [-0.05, 0) is 37.1 Å². The van der Waals surface area contributed by atoms with Crippen molar-refractivity contribution in [3.05, 3.63) is 59.2 Å². The van der Waals surface area contributed by atoms with Crippen LogP contribution in [-0.2, 0) is 11.2 Å². The van der Waals surface area contributed by atoms with Gasteiger partial charge in [-0.3, -0.25) is 4.79 Å². The Morgan fingerprint density at radius 2 is 2.09 bits per heavy atom. The molecule has 1 atom stereocenters. The van der Waals surface area contributed by atoms with Crippen LogP contribution < -0.4 is 5.32 Å². The Labute approximate surface area is 133 Å². The molecule has 5 heteroatoms. The van der Waals surface area contributed by atoms with Crippen molar-refractivity contribution in [1.29, 1.82) is 0 Å². The molecule has 0 aliphatic carbocycles. The van der Waals surface area contributed by atoms with Gasteiger partial charge in [0, 0.05) is 10.9 Å². The van der Waals surface area contributed by atoms with E-state index in [1.807, 2.05) is 26.0 Å². The highest BCUT2D eigenvalue weighted by Crippen LogP contribution is 2.26. The summed E-state index contributed by atoms with van der Waals surface area (Å²) in [5, 5.41) is 13.6. The van der Waals surface area contributed by atoms with Crippen LogP contribution in [0.25, 0.3) is 11.0 Å². The number of furan rings is 2. The summed E-state index contributed by atoms with van der Waals surface area (Å²) >= 11 is 0. The van der Waals surface area contributed by atoms with Crippen LogP contribution in [0.15, 0.2) is 45.6 Å². The zero-order valence-electron chi connectivity index (χ0n) is 13.1. The van der Waals surface area contributed by atoms with E-state index in [0.717, 1.165) is 27.7 Å². The molecule has 1 unspecified atom stereocenters. The van der Waals surface area contributed by atoms with Crippen molar-refractivity contribution in [3.8, 4) is 0 Å². The monoisotopic (exact) mass is 313 g/mol. The average Bonchev–Trinajstić information content (AvgIpc) is 3.19. The number of aliphatic hydroxyl groups excluding tert-OH is 1. The number of carbonyl (C=O) groups is 1. The van der Waals surface area contributed by atoms with Crippen LogP contribution >= 0.6 is 0 Å². The van der Waals surface area contributed by atoms with E-state index in [1.54, 1.807) is 18.4 Å². The lowest BCUT2D eigenvalue weighted by Gasteiger charge is -2.09. The summed E-state index contributed by atoms with van der Waals surface area (Å²) in [5.74, 6) is 0.265. The van der Waals surface area contributed by atoms with E-state index in [9.17, 15) is 9.90 Å². The quantitative estimate of drug-likeness (QED) is 0.759. The minimum Gasteiger partial charge on any atom is -0.467 e. The highest BCUT2D eigenvalue weighted by Gasteiger charge is 2.15. The SMILES string of the molecule is Cc1ccc2c(CC(=O)NCC(O)c3ccco3)coc2c1C. The third kappa shape index (κ3) is 3.14. The predicted octanol–water partition coefficient (Wildman–Crippen LogP) is 3.03. The first-order valence-electron chi connectivity index (χ1n) is 7.50. The lowest BCUT2D eigenvalue weighted by molar-refractivity contribution is -0.120. The van der Waals surface area contributed by atoms with Gasteiger partial charge in [0.1, 0.15) is 17.4 Å². The molecule has 5 nitrogen and oxygen atoms in total. The number of rotatable bonds is 5. The van der Waals surface area contributed by atoms with E-state index in [4.69, 9.17) is 8.83 Å². The molecule has 0 aliphatic heterocycles. The summed E-state index contributed by atoms with van der Waals surface area (Å²) in [6.45, 7) is 4.14. The van der Waals surface area contributed by atoms with E-state index < -0.39 is 6.10 Å². The second kappa shape index (κ2) is 6.30. The molecule has 0 saturated heterocycles. The van der Waals surface area contributed by atoms with Gasteiger partial charge in [0.05, 0.1) is 25.5 Å². The highest BCUT2D eigenvalue weighted by atomic mass is 16.4. The van der Waals surface area contributed by atoms with Crippen molar-refractivity contribution >= 4 is 16.9 Å². The lowest BCUT2D eigenvalue weighted by atomic mass is 10.0. The summed E-state index contributed by atoms with van der Waals surface area (Å²) in [6.07, 6.45) is 2.47. The van der Waals surface area contributed by atoms with Crippen LogP contribution in [0, 0.1) is 13.8 Å². The van der Waals surface area contributed by atoms with Gasteiger partial charge in [-0.25, -0.2) is 0 Å². The number of hydrogen-bond donors (Lipinski definition) is 2. The normalized spacial score (nSPS) is 12.5. The molecule has 0 fully saturated rings. The molecule has 0 radical (unpaired) electrons. The standard InChI is InChI=1S/C18H19NO4/c1-11-5-6-14-13(10-23-18(14)12(11)2)8-17(21)19-9-15(20)16-4-3-7-22-16/h3-7,10,15,20H,8-9H2,1-2H3,(H,19,21). The zero-order chi connectivity index (χ0) is 16.4. The van der Waals surface area contributed by atoms with Crippen LogP contribution in [0.5, 0.6) is 0 Å². The second-order valence-electron chi connectivity index (χ2n) is 5.66. The summed E-state index contributed by atoms with van der Waals surface area (Å²) in [7, 11) is 0. The van der Waals surface area contributed by atoms with Crippen LogP contribution in [0.3, 0.4) is 0 Å². The van der Waals surface area contributed by atoms with E-state index in [0.29, 0.717) is 5.76 Å². The van der Waals surface area contributed by atoms with Gasteiger partial charge in [-0.1, -0.05) is 12.1 Å². The minimum absolute atomic E-state index is 0.111. The van der Waals surface area contributed by atoms with E-state index >= 15 is 0 Å². The van der Waals surface area contributed by atoms with Gasteiger partial charge in [-0.2, -0.15) is 0 Å². The van der Waals surface area contributed by atoms with E-state index in [2.05, 4.69) is 5.32 Å². The molecule has 120 valence electrons. The third-order valence-corrected chi connectivity index (χ3v) is 4.06. The van der Waals surface area contributed by atoms with Crippen LogP contribution in [-0.4, -0.2) is 17.6 Å². The maximum atomic E-state index is 12.1. The van der Waals surface area contributed by atoms with Gasteiger partial charge in [0.15, 0.2) is 0 Å². The molecule has 1 aromatic carbocycles. The van der Waals surface area contributed by atoms with Gasteiger partial charge < -0.3 is 19.3 Å². The molecule has 0 bridgehead atoms. The number of benzene rings is 1. The Hall–Kier alpha value is -2.53. The third-order valence-electron chi connectivity index (χ3n) is 4.06. The van der Waals surface area contributed by atoms with Gasteiger partial charge in [-0.15, -0.1) is 0 Å². The molecule has 2 heterocycles. The predicted molar refractivity (Wildman–Crippen MR) is 86.1 cm³/mol. The highest BCUT2D eigenvalue weighted by molar-refractivity contribution is 5.89. The Kier molecular flexibility index (Phi) is 4.21. The lowest BCUT2D eigenvalue weighted by Crippen LogP contribution is -2.29. The molecule has 2 N–H and O–H groups in total. The topological polar surface area (TPSA) is 75.6 Å². The Bertz CT molecular complexity index is 817. The van der Waals surface area contributed by atoms with Gasteiger partial charge >= 0.3 is 0 Å². The van der Waals surface area contributed by atoms with Crippen LogP contribution in [0.1, 0.15) is 28.6 Å². The number of amides is 1. The molecular formula is C18H19NO4. The number of aryl methyl sites for hydroxylation is 2. The molecule has 23 heavy (non-hydrogen) atoms. The Morgan fingerprint density at radius 3 is 2.83 bits per heavy atom. The zero-order valence-corrected chi connectivity index (χ0v) is 13.1. The molecule has 0 spiro atoms. The smallest absolute Gasteiger partial charge is 0.224 e. The second-order valence-corrected chi connectivity index (χ2v) is 5.66. The number of carbonyl (C=O) groups excluding carboxylic acids is 1. The largest absolute Gasteiger partial charge is 0.467 e. The number of aliphatic hydroxyl groups is 1. The van der Waals surface area contributed by atoms with Crippen molar-refractivity contribution in [2.24, 2.45) is 0 Å². The maximum Gasteiger partial charge on any atom is 0.224 e. The molecule has 1 amide bonds. The Balaban J connectivity index is 1.65. The van der Waals surface area contributed by atoms with E-state index in [1.165, 1.54) is 6.26 Å². The Morgan fingerprint density at radius 1 is 1.26 bits per heavy atom. The first-order chi connectivity index (χ1) is 11.1. The summed E-state index contributed by atoms with van der Waals surface area (Å²) in [4.78, 5) is 12.1. The van der Waals surface area contributed by atoms with Crippen molar-refractivity contribution in [2.45, 2.75) is 26.4 Å². The van der Waals surface area contributed by atoms with Gasteiger partial charge in [0.25, 0.3) is 0 Å². The van der Waals surface area contributed by atoms with E-state index in [-0.39, 0.29) is 18.9 Å². The fourth-order valence-corrected chi connectivity index (χ4v) is 2.55. The van der Waals surface area contributed by atoms with Crippen LogP contribution in [0.4, 0.5) is 0 Å². The summed E-state index contributed by atoms with van der Waals surface area (Å²) in [6, 6.07) is 7.37. The number of nitrogens with one attached hydrogen (secondary N) is 1. The van der Waals surface area contributed by atoms with Crippen molar-refractivity contribution in [3.63, 3.8) is 0 Å². The average molecular weight is 313 g/mol. The molecule has 3 aromatic rings. The molecule has 0 aliphatic rings. The first kappa shape index (κ1) is 15.4. The maximum absolute atomic E-state index is 12.1. The first-order valence-corrected chi connectivity index (χ1v) is 7.50. The van der Waals surface area contributed by atoms with Crippen molar-refractivity contribution in [2.75, 3.05) is 6.54 Å². The number of hydrogen-bond acceptors (Lipinski definition) is 4. The van der Waals surface area contributed by atoms with Crippen molar-refractivity contribution in [1.82, 2.24) is 5.32 Å². The fraction of sp³-hybridized carbons (Fsp3) is 0.278. The van der Waals surface area contributed by atoms with Crippen LogP contribution in [0.2, 0.25) is 0 Å². The van der Waals surface area contributed by atoms with Crippen molar-refractivity contribution < 1.29 is 18.7 Å². The molecular weight excluding hydrogens is 294 g/mol. The summed E-state index contributed by atoms with van der Waals surface area (Å²) in [5.41, 5.74) is 3.91. The molecule has 2 aromatic heterocycles. The number of fused-ring (bicyclic) bond motifs is 1. The minimum atomic E-state index is -0.847. The van der Waals surface area contributed by atoms with Gasteiger partial charge in [0.2, 0.25) is 5.91 Å². The molecule has 3 rings (SSSR count).